The van der Waals surface area contributed by atoms with Gasteiger partial charge >= 0.3 is 0 Å². The molecular weight excluding hydrogens is 456 g/mol. The fourth-order valence-corrected chi connectivity index (χ4v) is 4.49. The maximum Gasteiger partial charge on any atom is 0.262 e. The first-order valence-electron chi connectivity index (χ1n) is 10.9. The standard InChI is InChI=1S/C25H26N2O6S/c1-17(2)33-21-5-3-4-18(14-21)15-25(28)26-19-6-8-20(9-7-19)27-34(29,30)22-10-11-23-24(16-22)32-13-12-31-23/h3-11,14,16-17,27H,12-13,15H2,1-2H3,(H,26,28). The van der Waals surface area contributed by atoms with Crippen molar-refractivity contribution in [3.05, 3.63) is 72.3 Å². The minimum Gasteiger partial charge on any atom is -0.491 e. The van der Waals surface area contributed by atoms with Crippen molar-refractivity contribution in [1.29, 1.82) is 0 Å². The summed E-state index contributed by atoms with van der Waals surface area (Å²) in [6.07, 6.45) is 0.239. The van der Waals surface area contributed by atoms with E-state index in [1.54, 1.807) is 30.3 Å². The quantitative estimate of drug-likeness (QED) is 0.498. The first kappa shape index (κ1) is 23.4. The van der Waals surface area contributed by atoms with Crippen LogP contribution in [0.15, 0.2) is 71.6 Å². The van der Waals surface area contributed by atoms with Gasteiger partial charge in [0.25, 0.3) is 10.0 Å². The second-order valence-corrected chi connectivity index (χ2v) is 9.71. The summed E-state index contributed by atoms with van der Waals surface area (Å²) in [5.74, 6) is 1.44. The largest absolute Gasteiger partial charge is 0.491 e. The zero-order valence-corrected chi connectivity index (χ0v) is 19.7. The van der Waals surface area contributed by atoms with E-state index in [0.717, 1.165) is 11.3 Å². The highest BCUT2D eigenvalue weighted by atomic mass is 32.2. The molecule has 34 heavy (non-hydrogen) atoms. The summed E-state index contributed by atoms with van der Waals surface area (Å²) in [6, 6.07) is 18.3. The van der Waals surface area contributed by atoms with Crippen molar-refractivity contribution in [3.63, 3.8) is 0 Å². The summed E-state index contributed by atoms with van der Waals surface area (Å²) in [5, 5.41) is 2.82. The SMILES string of the molecule is CC(C)Oc1cccc(CC(=O)Nc2ccc(NS(=O)(=O)c3ccc4c(c3)OCCO4)cc2)c1. The molecule has 0 bridgehead atoms. The monoisotopic (exact) mass is 482 g/mol. The smallest absolute Gasteiger partial charge is 0.262 e. The maximum absolute atomic E-state index is 12.8. The molecule has 0 saturated heterocycles. The Kier molecular flexibility index (Phi) is 6.93. The number of sulfonamides is 1. The van der Waals surface area contributed by atoms with Gasteiger partial charge in [0.05, 0.1) is 17.4 Å². The minimum atomic E-state index is -3.82. The number of rotatable bonds is 8. The molecule has 0 aromatic heterocycles. The van der Waals surface area contributed by atoms with Gasteiger partial charge in [-0.15, -0.1) is 0 Å². The van der Waals surface area contributed by atoms with Crippen LogP contribution < -0.4 is 24.2 Å². The van der Waals surface area contributed by atoms with E-state index >= 15 is 0 Å². The zero-order valence-electron chi connectivity index (χ0n) is 18.9. The minimum absolute atomic E-state index is 0.0506. The number of nitrogens with one attached hydrogen (secondary N) is 2. The molecule has 4 rings (SSSR count). The highest BCUT2D eigenvalue weighted by Gasteiger charge is 2.19. The molecule has 0 saturated carbocycles. The van der Waals surface area contributed by atoms with Crippen molar-refractivity contribution in [1.82, 2.24) is 0 Å². The lowest BCUT2D eigenvalue weighted by molar-refractivity contribution is -0.115. The van der Waals surface area contributed by atoms with Crippen LogP contribution in [0.5, 0.6) is 17.2 Å². The predicted molar refractivity (Wildman–Crippen MR) is 129 cm³/mol. The highest BCUT2D eigenvalue weighted by molar-refractivity contribution is 7.92. The molecule has 178 valence electrons. The van der Waals surface area contributed by atoms with Gasteiger partial charge in [0.1, 0.15) is 19.0 Å². The Bertz CT molecular complexity index is 1270. The summed E-state index contributed by atoms with van der Waals surface area (Å²) >= 11 is 0. The summed E-state index contributed by atoms with van der Waals surface area (Å²) in [7, 11) is -3.82. The normalized spacial score (nSPS) is 12.8. The lowest BCUT2D eigenvalue weighted by Crippen LogP contribution is -2.17. The first-order chi connectivity index (χ1) is 16.3. The van der Waals surface area contributed by atoms with E-state index in [2.05, 4.69) is 10.0 Å². The lowest BCUT2D eigenvalue weighted by atomic mass is 10.1. The number of benzene rings is 3. The third-order valence-electron chi connectivity index (χ3n) is 4.88. The molecular formula is C25H26N2O6S. The number of amides is 1. The molecule has 1 aliphatic rings. The molecule has 1 heterocycles. The van der Waals surface area contributed by atoms with Gasteiger partial charge in [0.15, 0.2) is 11.5 Å². The van der Waals surface area contributed by atoms with Crippen LogP contribution >= 0.6 is 0 Å². The van der Waals surface area contributed by atoms with Crippen molar-refractivity contribution in [2.45, 2.75) is 31.3 Å². The maximum atomic E-state index is 12.8. The number of hydrogen-bond acceptors (Lipinski definition) is 6. The fraction of sp³-hybridized carbons (Fsp3) is 0.240. The van der Waals surface area contributed by atoms with E-state index in [1.807, 2.05) is 38.1 Å². The summed E-state index contributed by atoms with van der Waals surface area (Å²) < 4.78 is 44.6. The van der Waals surface area contributed by atoms with E-state index in [0.29, 0.717) is 36.1 Å². The van der Waals surface area contributed by atoms with E-state index < -0.39 is 10.0 Å². The Morgan fingerprint density at radius 1 is 0.941 bits per heavy atom. The van der Waals surface area contributed by atoms with Crippen LogP contribution in [0.1, 0.15) is 19.4 Å². The van der Waals surface area contributed by atoms with E-state index in [-0.39, 0.29) is 23.3 Å². The van der Waals surface area contributed by atoms with Gasteiger partial charge in [0, 0.05) is 17.4 Å². The molecule has 3 aromatic rings. The van der Waals surface area contributed by atoms with Gasteiger partial charge in [-0.25, -0.2) is 8.42 Å². The van der Waals surface area contributed by atoms with Crippen LogP contribution in [-0.2, 0) is 21.2 Å². The van der Waals surface area contributed by atoms with Crippen LogP contribution in [0.25, 0.3) is 0 Å². The number of ether oxygens (including phenoxy) is 3. The third-order valence-corrected chi connectivity index (χ3v) is 6.26. The van der Waals surface area contributed by atoms with Crippen molar-refractivity contribution < 1.29 is 27.4 Å². The second kappa shape index (κ2) is 10.0. The molecule has 3 aromatic carbocycles. The first-order valence-corrected chi connectivity index (χ1v) is 12.3. The van der Waals surface area contributed by atoms with Crippen molar-refractivity contribution in [3.8, 4) is 17.2 Å². The molecule has 1 amide bonds. The van der Waals surface area contributed by atoms with Crippen LogP contribution in [0.4, 0.5) is 11.4 Å². The van der Waals surface area contributed by atoms with Crippen molar-refractivity contribution >= 4 is 27.3 Å². The van der Waals surface area contributed by atoms with Crippen LogP contribution in [-0.4, -0.2) is 33.6 Å². The number of hydrogen-bond donors (Lipinski definition) is 2. The molecule has 0 fully saturated rings. The number of fused-ring (bicyclic) bond motifs is 1. The Morgan fingerprint density at radius 3 is 2.38 bits per heavy atom. The molecule has 0 radical (unpaired) electrons. The van der Waals surface area contributed by atoms with E-state index in [4.69, 9.17) is 14.2 Å². The van der Waals surface area contributed by atoms with Crippen molar-refractivity contribution in [2.75, 3.05) is 23.3 Å². The second-order valence-electron chi connectivity index (χ2n) is 8.03. The van der Waals surface area contributed by atoms with Gasteiger partial charge in [-0.2, -0.15) is 0 Å². The van der Waals surface area contributed by atoms with Crippen LogP contribution in [0.2, 0.25) is 0 Å². The average molecular weight is 483 g/mol. The van der Waals surface area contributed by atoms with E-state index in [9.17, 15) is 13.2 Å². The summed E-state index contributed by atoms with van der Waals surface area (Å²) in [5.41, 5.74) is 1.76. The highest BCUT2D eigenvalue weighted by Crippen LogP contribution is 2.32. The molecule has 0 atom stereocenters. The number of anilines is 2. The fourth-order valence-electron chi connectivity index (χ4n) is 3.42. The Labute approximate surface area is 198 Å². The Morgan fingerprint density at radius 2 is 1.65 bits per heavy atom. The average Bonchev–Trinajstić information content (AvgIpc) is 2.79. The number of carbonyl (C=O) groups excluding carboxylic acids is 1. The summed E-state index contributed by atoms with van der Waals surface area (Å²) in [4.78, 5) is 12.5. The molecule has 0 unspecified atom stereocenters. The van der Waals surface area contributed by atoms with Gasteiger partial charge in [0.2, 0.25) is 5.91 Å². The molecule has 8 nitrogen and oxygen atoms in total. The molecule has 0 aliphatic carbocycles. The molecule has 0 spiro atoms. The van der Waals surface area contributed by atoms with Gasteiger partial charge in [-0.05, 0) is 67.9 Å². The molecule has 1 aliphatic heterocycles. The molecule has 9 heteroatoms. The molecule has 2 N–H and O–H groups in total. The lowest BCUT2D eigenvalue weighted by Gasteiger charge is -2.19. The van der Waals surface area contributed by atoms with Gasteiger partial charge in [-0.3, -0.25) is 9.52 Å². The zero-order chi connectivity index (χ0) is 24.1. The predicted octanol–water partition coefficient (Wildman–Crippen LogP) is 4.23. The van der Waals surface area contributed by atoms with Crippen LogP contribution in [0.3, 0.4) is 0 Å². The van der Waals surface area contributed by atoms with Gasteiger partial charge in [-0.1, -0.05) is 12.1 Å². The van der Waals surface area contributed by atoms with Gasteiger partial charge < -0.3 is 19.5 Å². The van der Waals surface area contributed by atoms with Crippen LogP contribution in [0, 0.1) is 0 Å². The topological polar surface area (TPSA) is 103 Å². The number of carbonyl (C=O) groups is 1. The van der Waals surface area contributed by atoms with E-state index in [1.165, 1.54) is 12.1 Å². The third kappa shape index (κ3) is 5.99. The Balaban J connectivity index is 1.37. The Hall–Kier alpha value is -3.72. The summed E-state index contributed by atoms with van der Waals surface area (Å²) in [6.45, 7) is 4.69. The van der Waals surface area contributed by atoms with Crippen molar-refractivity contribution in [2.24, 2.45) is 0 Å².